The first-order valence-corrected chi connectivity index (χ1v) is 10.6. The molecule has 1 aliphatic heterocycles. The van der Waals surface area contributed by atoms with E-state index in [4.69, 9.17) is 0 Å². The Kier molecular flexibility index (Phi) is 5.93. The van der Waals surface area contributed by atoms with E-state index >= 15 is 0 Å². The number of nitrogens with one attached hydrogen (secondary N) is 1. The molecule has 29 heavy (non-hydrogen) atoms. The van der Waals surface area contributed by atoms with Gasteiger partial charge in [0.2, 0.25) is 0 Å². The molecule has 0 radical (unpaired) electrons. The highest BCUT2D eigenvalue weighted by Crippen LogP contribution is 2.35. The molecule has 1 N–H and O–H groups in total. The first-order chi connectivity index (χ1) is 14.1. The molecule has 1 saturated carbocycles. The van der Waals surface area contributed by atoms with Crippen LogP contribution in [-0.4, -0.2) is 29.3 Å². The van der Waals surface area contributed by atoms with Gasteiger partial charge in [0.25, 0.3) is 11.8 Å². The predicted molar refractivity (Wildman–Crippen MR) is 110 cm³/mol. The van der Waals surface area contributed by atoms with Gasteiger partial charge in [-0.05, 0) is 61.9 Å². The number of fused-ring (bicyclic) bond motifs is 1. The lowest BCUT2D eigenvalue weighted by atomic mass is 9.78. The lowest BCUT2D eigenvalue weighted by Gasteiger charge is -2.44. The summed E-state index contributed by atoms with van der Waals surface area (Å²) >= 11 is 0. The Labute approximate surface area is 171 Å². The number of benzene rings is 2. The molecule has 2 aromatic carbocycles. The summed E-state index contributed by atoms with van der Waals surface area (Å²) in [5.74, 6) is 0.0960. The topological polar surface area (TPSA) is 49.4 Å². The molecule has 0 spiro atoms. The first kappa shape index (κ1) is 19.6. The third kappa shape index (κ3) is 4.34. The number of amides is 2. The van der Waals surface area contributed by atoms with Crippen molar-refractivity contribution in [2.75, 3.05) is 6.54 Å². The van der Waals surface area contributed by atoms with Gasteiger partial charge < -0.3 is 10.2 Å². The van der Waals surface area contributed by atoms with Crippen molar-refractivity contribution in [3.63, 3.8) is 0 Å². The number of hydrogen-bond acceptors (Lipinski definition) is 2. The minimum absolute atomic E-state index is 0.0694. The predicted octanol–water partition coefficient (Wildman–Crippen LogP) is 4.55. The SMILES string of the molecule is O=C(NCc1ccccc1F)c1ccc(C(=O)N2CCC[C@@H]3CCCC[C@@H]32)cc1. The molecular formula is C24H27FN2O2. The number of hydrogen-bond donors (Lipinski definition) is 1. The summed E-state index contributed by atoms with van der Waals surface area (Å²) in [7, 11) is 0. The van der Waals surface area contributed by atoms with Gasteiger partial charge in [0.15, 0.2) is 0 Å². The van der Waals surface area contributed by atoms with Crippen LogP contribution in [0.3, 0.4) is 0 Å². The largest absolute Gasteiger partial charge is 0.348 e. The molecule has 2 fully saturated rings. The second-order valence-electron chi connectivity index (χ2n) is 8.10. The Morgan fingerprint density at radius 1 is 0.931 bits per heavy atom. The fraction of sp³-hybridized carbons (Fsp3) is 0.417. The lowest BCUT2D eigenvalue weighted by molar-refractivity contribution is 0.0390. The molecular weight excluding hydrogens is 367 g/mol. The van der Waals surface area contributed by atoms with Crippen molar-refractivity contribution < 1.29 is 14.0 Å². The average molecular weight is 394 g/mol. The molecule has 2 atom stereocenters. The summed E-state index contributed by atoms with van der Waals surface area (Å²) in [6.45, 7) is 0.952. The Morgan fingerprint density at radius 3 is 2.41 bits per heavy atom. The van der Waals surface area contributed by atoms with E-state index < -0.39 is 0 Å². The van der Waals surface area contributed by atoms with Crippen molar-refractivity contribution in [3.8, 4) is 0 Å². The average Bonchev–Trinajstić information content (AvgIpc) is 2.77. The van der Waals surface area contributed by atoms with Crippen LogP contribution < -0.4 is 5.32 Å². The van der Waals surface area contributed by atoms with Gasteiger partial charge in [0, 0.05) is 35.8 Å². The Balaban J connectivity index is 1.40. The minimum atomic E-state index is -0.337. The first-order valence-electron chi connectivity index (χ1n) is 10.6. The van der Waals surface area contributed by atoms with E-state index in [-0.39, 0.29) is 24.2 Å². The summed E-state index contributed by atoms with van der Waals surface area (Å²) in [4.78, 5) is 27.5. The number of carbonyl (C=O) groups excluding carboxylic acids is 2. The number of likely N-dealkylation sites (tertiary alicyclic amines) is 1. The molecule has 1 aliphatic carbocycles. The van der Waals surface area contributed by atoms with Crippen LogP contribution in [0.2, 0.25) is 0 Å². The zero-order valence-corrected chi connectivity index (χ0v) is 16.6. The van der Waals surface area contributed by atoms with E-state index in [1.54, 1.807) is 42.5 Å². The Bertz CT molecular complexity index is 879. The van der Waals surface area contributed by atoms with Crippen LogP contribution in [0.5, 0.6) is 0 Å². The van der Waals surface area contributed by atoms with E-state index in [1.165, 1.54) is 31.7 Å². The summed E-state index contributed by atoms with van der Waals surface area (Å²) in [5.41, 5.74) is 1.54. The molecule has 1 heterocycles. The van der Waals surface area contributed by atoms with E-state index in [1.807, 2.05) is 0 Å². The highest BCUT2D eigenvalue weighted by Gasteiger charge is 2.35. The number of halogens is 1. The summed E-state index contributed by atoms with van der Waals surface area (Å²) in [6.07, 6.45) is 7.12. The molecule has 2 aliphatic rings. The Hall–Kier alpha value is -2.69. The monoisotopic (exact) mass is 394 g/mol. The summed E-state index contributed by atoms with van der Waals surface area (Å²) in [5, 5.41) is 2.73. The molecule has 0 bridgehead atoms. The molecule has 1 saturated heterocycles. The molecule has 5 heteroatoms. The third-order valence-electron chi connectivity index (χ3n) is 6.30. The fourth-order valence-electron chi connectivity index (χ4n) is 4.73. The van der Waals surface area contributed by atoms with E-state index in [2.05, 4.69) is 10.2 Å². The van der Waals surface area contributed by atoms with E-state index in [9.17, 15) is 14.0 Å². The zero-order valence-electron chi connectivity index (χ0n) is 16.6. The van der Waals surface area contributed by atoms with Crippen molar-refractivity contribution in [1.82, 2.24) is 10.2 Å². The van der Waals surface area contributed by atoms with Crippen molar-refractivity contribution in [1.29, 1.82) is 0 Å². The van der Waals surface area contributed by atoms with Crippen LogP contribution in [0, 0.1) is 11.7 Å². The molecule has 0 unspecified atom stereocenters. The number of carbonyl (C=O) groups is 2. The normalized spacial score (nSPS) is 21.3. The highest BCUT2D eigenvalue weighted by atomic mass is 19.1. The number of piperidine rings is 1. The van der Waals surface area contributed by atoms with E-state index in [0.717, 1.165) is 19.4 Å². The van der Waals surface area contributed by atoms with Gasteiger partial charge in [-0.15, -0.1) is 0 Å². The van der Waals surface area contributed by atoms with E-state index in [0.29, 0.717) is 28.7 Å². The van der Waals surface area contributed by atoms with Crippen LogP contribution >= 0.6 is 0 Å². The van der Waals surface area contributed by atoms with Crippen LogP contribution in [0.1, 0.15) is 64.8 Å². The third-order valence-corrected chi connectivity index (χ3v) is 6.30. The van der Waals surface area contributed by atoms with Crippen LogP contribution in [0.25, 0.3) is 0 Å². The summed E-state index contributed by atoms with van der Waals surface area (Å²) < 4.78 is 13.7. The molecule has 2 aromatic rings. The molecule has 4 nitrogen and oxygen atoms in total. The minimum Gasteiger partial charge on any atom is -0.348 e. The van der Waals surface area contributed by atoms with Crippen LogP contribution in [0.4, 0.5) is 4.39 Å². The molecule has 4 rings (SSSR count). The smallest absolute Gasteiger partial charge is 0.254 e. The number of rotatable bonds is 4. The molecule has 152 valence electrons. The van der Waals surface area contributed by atoms with Gasteiger partial charge in [-0.2, -0.15) is 0 Å². The maximum Gasteiger partial charge on any atom is 0.254 e. The van der Waals surface area contributed by atoms with Crippen molar-refractivity contribution in [2.24, 2.45) is 5.92 Å². The zero-order chi connectivity index (χ0) is 20.2. The molecule has 2 amide bonds. The van der Waals surface area contributed by atoms with Crippen LogP contribution in [-0.2, 0) is 6.54 Å². The van der Waals surface area contributed by atoms with Gasteiger partial charge in [-0.25, -0.2) is 4.39 Å². The van der Waals surface area contributed by atoms with Crippen molar-refractivity contribution >= 4 is 11.8 Å². The molecule has 0 aromatic heterocycles. The maximum atomic E-state index is 13.7. The standard InChI is InChI=1S/C24H27FN2O2/c25-21-9-3-1-7-20(21)16-26-23(28)18-11-13-19(14-12-18)24(29)27-15-5-8-17-6-2-4-10-22(17)27/h1,3,7,9,11-14,17,22H,2,4-6,8,10,15-16H2,(H,26,28)/t17-,22-/m0/s1. The second-order valence-corrected chi connectivity index (χ2v) is 8.10. The second kappa shape index (κ2) is 8.76. The highest BCUT2D eigenvalue weighted by molar-refractivity contribution is 5.98. The number of nitrogens with zero attached hydrogens (tertiary/aromatic N) is 1. The van der Waals surface area contributed by atoms with Crippen molar-refractivity contribution in [2.45, 2.75) is 51.1 Å². The Morgan fingerprint density at radius 2 is 1.62 bits per heavy atom. The summed E-state index contributed by atoms with van der Waals surface area (Å²) in [6, 6.07) is 13.6. The van der Waals surface area contributed by atoms with Gasteiger partial charge in [0.05, 0.1) is 0 Å². The van der Waals surface area contributed by atoms with Gasteiger partial charge in [-0.3, -0.25) is 9.59 Å². The van der Waals surface area contributed by atoms with Crippen LogP contribution in [0.15, 0.2) is 48.5 Å². The fourth-order valence-corrected chi connectivity index (χ4v) is 4.73. The van der Waals surface area contributed by atoms with Gasteiger partial charge in [0.1, 0.15) is 5.82 Å². The van der Waals surface area contributed by atoms with Gasteiger partial charge in [-0.1, -0.05) is 31.0 Å². The maximum absolute atomic E-state index is 13.7. The van der Waals surface area contributed by atoms with Crippen molar-refractivity contribution in [3.05, 3.63) is 71.0 Å². The quantitative estimate of drug-likeness (QED) is 0.827. The lowest BCUT2D eigenvalue weighted by Crippen LogP contribution is -2.49. The van der Waals surface area contributed by atoms with Gasteiger partial charge >= 0.3 is 0 Å².